The summed E-state index contributed by atoms with van der Waals surface area (Å²) in [6.07, 6.45) is 1.85. The number of hydrogen-bond donors (Lipinski definition) is 1. The molecule has 1 amide bonds. The number of nitrogens with one attached hydrogen (secondary N) is 1. The molecule has 0 aromatic heterocycles. The number of halogens is 1. The van der Waals surface area contributed by atoms with Gasteiger partial charge in [-0.2, -0.15) is 11.8 Å². The first-order chi connectivity index (χ1) is 13.2. The monoisotopic (exact) mass is 402 g/mol. The summed E-state index contributed by atoms with van der Waals surface area (Å²) in [5.41, 5.74) is 2.50. The van der Waals surface area contributed by atoms with E-state index in [1.807, 2.05) is 36.0 Å². The summed E-state index contributed by atoms with van der Waals surface area (Å²) in [4.78, 5) is 14.8. The molecule has 1 fully saturated rings. The number of thioether (sulfide) groups is 1. The maximum Gasteiger partial charge on any atom is 0.223 e. The molecule has 0 unspecified atom stereocenters. The van der Waals surface area contributed by atoms with E-state index in [4.69, 9.17) is 11.6 Å². The average Bonchev–Trinajstić information content (AvgIpc) is 2.71. The topological polar surface area (TPSA) is 32.3 Å². The van der Waals surface area contributed by atoms with Crippen LogP contribution in [-0.2, 0) is 17.1 Å². The van der Waals surface area contributed by atoms with Gasteiger partial charge in [-0.15, -0.1) is 0 Å². The fraction of sp³-hybridized carbons (Fsp3) is 0.409. The van der Waals surface area contributed by atoms with Gasteiger partial charge in [0.05, 0.1) is 0 Å². The number of rotatable bonds is 8. The predicted octanol–water partition coefficient (Wildman–Crippen LogP) is 4.60. The van der Waals surface area contributed by atoms with Crippen molar-refractivity contribution in [3.05, 3.63) is 70.7 Å². The third-order valence-electron chi connectivity index (χ3n) is 4.97. The van der Waals surface area contributed by atoms with E-state index in [0.29, 0.717) is 0 Å². The molecule has 1 heterocycles. The van der Waals surface area contributed by atoms with Crippen LogP contribution in [0, 0.1) is 5.92 Å². The lowest BCUT2D eigenvalue weighted by molar-refractivity contribution is -0.126. The zero-order valence-electron chi connectivity index (χ0n) is 15.6. The standard InChI is InChI=1S/C22H27ClN2OS/c23-21-9-5-4-8-20(21)16-25-13-10-19(11-14-25)22(26)24-12-15-27-17-18-6-2-1-3-7-18/h1-9,19H,10-17H2,(H,24,26). The Morgan fingerprint density at radius 2 is 1.78 bits per heavy atom. The van der Waals surface area contributed by atoms with Gasteiger partial charge in [0.1, 0.15) is 0 Å². The molecule has 1 aliphatic rings. The number of carbonyl (C=O) groups is 1. The lowest BCUT2D eigenvalue weighted by Gasteiger charge is -2.31. The van der Waals surface area contributed by atoms with Gasteiger partial charge in [-0.3, -0.25) is 9.69 Å². The molecule has 3 nitrogen and oxygen atoms in total. The van der Waals surface area contributed by atoms with Gasteiger partial charge in [-0.25, -0.2) is 0 Å². The Morgan fingerprint density at radius 1 is 1.07 bits per heavy atom. The second-order valence-electron chi connectivity index (χ2n) is 6.97. The third-order valence-corrected chi connectivity index (χ3v) is 6.37. The van der Waals surface area contributed by atoms with E-state index in [-0.39, 0.29) is 11.8 Å². The zero-order chi connectivity index (χ0) is 18.9. The fourth-order valence-corrected chi connectivity index (χ4v) is 4.39. The van der Waals surface area contributed by atoms with E-state index in [1.54, 1.807) is 0 Å². The van der Waals surface area contributed by atoms with E-state index in [9.17, 15) is 4.79 Å². The van der Waals surface area contributed by atoms with Crippen LogP contribution in [0.4, 0.5) is 0 Å². The molecule has 5 heteroatoms. The molecular weight excluding hydrogens is 376 g/mol. The molecule has 0 aliphatic carbocycles. The fourth-order valence-electron chi connectivity index (χ4n) is 3.38. The van der Waals surface area contributed by atoms with Crippen LogP contribution < -0.4 is 5.32 Å². The Kier molecular flexibility index (Phi) is 8.06. The van der Waals surface area contributed by atoms with Crippen molar-refractivity contribution in [2.24, 2.45) is 5.92 Å². The SMILES string of the molecule is O=C(NCCSCc1ccccc1)C1CCN(Cc2ccccc2Cl)CC1. The number of likely N-dealkylation sites (tertiary alicyclic amines) is 1. The number of carbonyl (C=O) groups excluding carboxylic acids is 1. The molecule has 1 aliphatic heterocycles. The van der Waals surface area contributed by atoms with Crippen molar-refractivity contribution < 1.29 is 4.79 Å². The summed E-state index contributed by atoms with van der Waals surface area (Å²) in [5.74, 6) is 2.31. The van der Waals surface area contributed by atoms with E-state index < -0.39 is 0 Å². The van der Waals surface area contributed by atoms with Crippen LogP contribution in [0.15, 0.2) is 54.6 Å². The Hall–Kier alpha value is -1.49. The molecule has 3 rings (SSSR count). The minimum atomic E-state index is 0.145. The summed E-state index contributed by atoms with van der Waals surface area (Å²) in [6, 6.07) is 18.4. The summed E-state index contributed by atoms with van der Waals surface area (Å²) < 4.78 is 0. The highest BCUT2D eigenvalue weighted by molar-refractivity contribution is 7.98. The van der Waals surface area contributed by atoms with Crippen molar-refractivity contribution in [2.75, 3.05) is 25.4 Å². The maximum atomic E-state index is 12.4. The summed E-state index contributed by atoms with van der Waals surface area (Å²) in [6.45, 7) is 3.51. The zero-order valence-corrected chi connectivity index (χ0v) is 17.1. The van der Waals surface area contributed by atoms with Crippen molar-refractivity contribution in [1.82, 2.24) is 10.2 Å². The second kappa shape index (κ2) is 10.7. The van der Waals surface area contributed by atoms with E-state index >= 15 is 0 Å². The summed E-state index contributed by atoms with van der Waals surface area (Å²) >= 11 is 8.11. The van der Waals surface area contributed by atoms with E-state index in [1.165, 1.54) is 5.56 Å². The Bertz CT molecular complexity index is 717. The van der Waals surface area contributed by atoms with Crippen LogP contribution in [0.1, 0.15) is 24.0 Å². The van der Waals surface area contributed by atoms with Gasteiger partial charge in [0, 0.05) is 35.5 Å². The van der Waals surface area contributed by atoms with Crippen molar-refractivity contribution in [2.45, 2.75) is 25.1 Å². The van der Waals surface area contributed by atoms with Crippen molar-refractivity contribution in [3.8, 4) is 0 Å². The molecule has 1 saturated heterocycles. The van der Waals surface area contributed by atoms with Gasteiger partial charge in [0.15, 0.2) is 0 Å². The summed E-state index contributed by atoms with van der Waals surface area (Å²) in [7, 11) is 0. The molecule has 144 valence electrons. The number of amides is 1. The molecule has 0 spiro atoms. The van der Waals surface area contributed by atoms with E-state index in [2.05, 4.69) is 40.5 Å². The minimum absolute atomic E-state index is 0.145. The largest absolute Gasteiger partial charge is 0.355 e. The molecule has 0 bridgehead atoms. The first-order valence-corrected chi connectivity index (χ1v) is 11.1. The van der Waals surface area contributed by atoms with Crippen LogP contribution in [-0.4, -0.2) is 36.2 Å². The van der Waals surface area contributed by atoms with Gasteiger partial charge >= 0.3 is 0 Å². The van der Waals surface area contributed by atoms with Gasteiger partial charge < -0.3 is 5.32 Å². The molecule has 0 atom stereocenters. The molecule has 2 aromatic rings. The van der Waals surface area contributed by atoms with E-state index in [0.717, 1.165) is 61.1 Å². The molecule has 1 N–H and O–H groups in total. The lowest BCUT2D eigenvalue weighted by atomic mass is 9.95. The number of benzene rings is 2. The molecular formula is C22H27ClN2OS. The predicted molar refractivity (Wildman–Crippen MR) is 115 cm³/mol. The summed E-state index contributed by atoms with van der Waals surface area (Å²) in [5, 5.41) is 3.94. The number of piperidine rings is 1. The minimum Gasteiger partial charge on any atom is -0.355 e. The van der Waals surface area contributed by atoms with Gasteiger partial charge in [0.25, 0.3) is 0 Å². The van der Waals surface area contributed by atoms with Crippen molar-refractivity contribution in [3.63, 3.8) is 0 Å². The van der Waals surface area contributed by atoms with Crippen LogP contribution in [0.5, 0.6) is 0 Å². The molecule has 0 radical (unpaired) electrons. The first-order valence-electron chi connectivity index (χ1n) is 9.57. The number of hydrogen-bond acceptors (Lipinski definition) is 3. The Balaban J connectivity index is 1.31. The average molecular weight is 403 g/mol. The van der Waals surface area contributed by atoms with Crippen molar-refractivity contribution >= 4 is 29.3 Å². The van der Waals surface area contributed by atoms with Crippen LogP contribution in [0.2, 0.25) is 5.02 Å². The number of nitrogens with zero attached hydrogens (tertiary/aromatic N) is 1. The normalized spacial score (nSPS) is 15.6. The van der Waals surface area contributed by atoms with Crippen LogP contribution in [0.25, 0.3) is 0 Å². The third kappa shape index (κ3) is 6.56. The maximum absolute atomic E-state index is 12.4. The van der Waals surface area contributed by atoms with Crippen LogP contribution >= 0.6 is 23.4 Å². The highest BCUT2D eigenvalue weighted by atomic mass is 35.5. The van der Waals surface area contributed by atoms with Crippen LogP contribution in [0.3, 0.4) is 0 Å². The Morgan fingerprint density at radius 3 is 2.52 bits per heavy atom. The van der Waals surface area contributed by atoms with Gasteiger partial charge in [0.2, 0.25) is 5.91 Å². The van der Waals surface area contributed by atoms with Gasteiger partial charge in [-0.05, 0) is 43.1 Å². The van der Waals surface area contributed by atoms with Gasteiger partial charge in [-0.1, -0.05) is 60.1 Å². The lowest BCUT2D eigenvalue weighted by Crippen LogP contribution is -2.40. The quantitative estimate of drug-likeness (QED) is 0.655. The molecule has 2 aromatic carbocycles. The Labute approximate surface area is 171 Å². The second-order valence-corrected chi connectivity index (χ2v) is 8.48. The van der Waals surface area contributed by atoms with Crippen molar-refractivity contribution in [1.29, 1.82) is 0 Å². The molecule has 27 heavy (non-hydrogen) atoms. The highest BCUT2D eigenvalue weighted by Gasteiger charge is 2.24. The smallest absolute Gasteiger partial charge is 0.223 e. The first kappa shape index (κ1) is 20.2. The molecule has 0 saturated carbocycles. The highest BCUT2D eigenvalue weighted by Crippen LogP contribution is 2.22.